The van der Waals surface area contributed by atoms with E-state index in [9.17, 15) is 9.59 Å². The summed E-state index contributed by atoms with van der Waals surface area (Å²) in [7, 11) is 8.84. The maximum Gasteiger partial charge on any atom is 0.261 e. The van der Waals surface area contributed by atoms with Gasteiger partial charge in [0.15, 0.2) is 23.0 Å². The molecule has 0 aliphatic carbocycles. The Morgan fingerprint density at radius 3 is 1.62 bits per heavy atom. The zero-order chi connectivity index (χ0) is 42.4. The molecule has 11 nitrogen and oxygen atoms in total. The van der Waals surface area contributed by atoms with Crippen LogP contribution in [0.15, 0.2) is 101 Å². The smallest absolute Gasteiger partial charge is 0.261 e. The highest BCUT2D eigenvalue weighted by Crippen LogP contribution is 2.43. The number of nitrogens with zero attached hydrogens (tertiary/aromatic N) is 5. The van der Waals surface area contributed by atoms with E-state index in [4.69, 9.17) is 28.9 Å². The van der Waals surface area contributed by atoms with Gasteiger partial charge in [-0.05, 0) is 84.8 Å². The molecule has 4 aliphatic rings. The predicted molar refractivity (Wildman–Crippen MR) is 247 cm³/mol. The lowest BCUT2D eigenvalue weighted by Crippen LogP contribution is -2.37. The molecule has 0 bridgehead atoms. The first kappa shape index (κ1) is 40.5. The number of para-hydroxylation sites is 2. The van der Waals surface area contributed by atoms with E-state index in [0.29, 0.717) is 58.3 Å². The van der Waals surface area contributed by atoms with Gasteiger partial charge in [0, 0.05) is 72.8 Å². The van der Waals surface area contributed by atoms with Gasteiger partial charge in [-0.1, -0.05) is 58.0 Å². The quantitative estimate of drug-likeness (QED) is 0.107. The minimum Gasteiger partial charge on any atom is -0.493 e. The molecule has 0 radical (unpaired) electrons. The Morgan fingerprint density at radius 1 is 0.689 bits per heavy atom. The molecule has 4 heterocycles. The second-order valence-corrected chi connectivity index (χ2v) is 19.3. The molecule has 5 aromatic carbocycles. The van der Waals surface area contributed by atoms with Crippen molar-refractivity contribution in [2.75, 3.05) is 48.8 Å². The summed E-state index contributed by atoms with van der Waals surface area (Å²) in [6.07, 6.45) is 7.23. The monoisotopic (exact) mass is 853 g/mol. The normalized spacial score (nSPS) is 17.1. The molecule has 0 N–H and O–H groups in total. The topological polar surface area (TPSA) is 106 Å². The van der Waals surface area contributed by atoms with Gasteiger partial charge in [0.1, 0.15) is 13.2 Å². The number of rotatable bonds is 13. The molecule has 0 saturated heterocycles. The van der Waals surface area contributed by atoms with Crippen molar-refractivity contribution in [3.8, 4) is 23.0 Å². The molecule has 13 heteroatoms. The number of aliphatic imine (C=N–C) groups is 2. The van der Waals surface area contributed by atoms with Gasteiger partial charge in [0.05, 0.1) is 48.8 Å². The molecule has 5 aromatic rings. The van der Waals surface area contributed by atoms with Crippen LogP contribution in [0.1, 0.15) is 56.8 Å². The van der Waals surface area contributed by atoms with E-state index in [1.54, 1.807) is 49.3 Å². The fourth-order valence-corrected chi connectivity index (χ4v) is 11.0. The highest BCUT2D eigenvalue weighted by molar-refractivity contribution is 8.77. The van der Waals surface area contributed by atoms with Crippen molar-refractivity contribution in [1.82, 2.24) is 0 Å². The van der Waals surface area contributed by atoms with E-state index in [-0.39, 0.29) is 41.9 Å². The van der Waals surface area contributed by atoms with Gasteiger partial charge in [0.2, 0.25) is 0 Å². The van der Waals surface area contributed by atoms with Crippen LogP contribution in [0, 0.1) is 0 Å². The fraction of sp³-hybridized carbons (Fsp3) is 0.292. The number of hydrogen-bond acceptors (Lipinski definition) is 11. The first-order valence-electron chi connectivity index (χ1n) is 20.2. The number of ether oxygens (including phenoxy) is 4. The number of methoxy groups -OCH3 is 2. The molecule has 2 amide bonds. The SMILES string of the molecule is COc1cc2c(cc1OCc1cc(COc3cc4c(cc3OC)C(=O)N3c5ccccc5C[C@H]3C=N4)cc(N(C)CC(C)(C)SSC)c1)N=C[C@@H]1Cc3ccccc3N1C2=O. The standard InChI is InChI=1S/C48H47N5O6S2/c1-48(2,61-60-6)28-51(3)33-16-29(26-58-44-22-38-36(20-42(44)56-4)46(54)52-34(24-49-38)18-31-11-7-9-13-40(31)52)15-30(17-33)27-59-45-23-39-37(21-43(45)57-5)47(55)53-35(25-50-39)19-32-12-8-10-14-41(32)53/h7-17,20-25,34-35H,18-19,26-28H2,1-6H3/t34-,35-/m0/s1. The maximum absolute atomic E-state index is 14.0. The number of hydrogen-bond donors (Lipinski definition) is 0. The molecule has 0 fully saturated rings. The van der Waals surface area contributed by atoms with Crippen LogP contribution in [0.5, 0.6) is 23.0 Å². The number of fused-ring (bicyclic) bond motifs is 8. The Balaban J connectivity index is 0.987. The van der Waals surface area contributed by atoms with Crippen LogP contribution < -0.4 is 33.6 Å². The molecule has 2 atom stereocenters. The van der Waals surface area contributed by atoms with Gasteiger partial charge in [-0.25, -0.2) is 0 Å². The van der Waals surface area contributed by atoms with Crippen molar-refractivity contribution in [2.45, 2.75) is 56.7 Å². The average molecular weight is 854 g/mol. The van der Waals surface area contributed by atoms with Crippen LogP contribution in [0.4, 0.5) is 28.4 Å². The van der Waals surface area contributed by atoms with E-state index >= 15 is 0 Å². The third-order valence-electron chi connectivity index (χ3n) is 11.5. The lowest BCUT2D eigenvalue weighted by Gasteiger charge is -2.31. The van der Waals surface area contributed by atoms with Gasteiger partial charge in [0.25, 0.3) is 11.8 Å². The van der Waals surface area contributed by atoms with Crippen LogP contribution >= 0.6 is 21.6 Å². The minimum absolute atomic E-state index is 0.0219. The zero-order valence-corrected chi connectivity index (χ0v) is 36.6. The predicted octanol–water partition coefficient (Wildman–Crippen LogP) is 9.66. The van der Waals surface area contributed by atoms with Gasteiger partial charge in [-0.2, -0.15) is 0 Å². The van der Waals surface area contributed by atoms with Gasteiger partial charge < -0.3 is 23.8 Å². The molecular formula is C48H47N5O6S2. The lowest BCUT2D eigenvalue weighted by atomic mass is 10.1. The van der Waals surface area contributed by atoms with Crippen LogP contribution in [0.3, 0.4) is 0 Å². The summed E-state index contributed by atoms with van der Waals surface area (Å²) in [5.41, 5.74) is 8.90. The molecule has 312 valence electrons. The van der Waals surface area contributed by atoms with E-state index in [2.05, 4.69) is 62.4 Å². The van der Waals surface area contributed by atoms with Crippen molar-refractivity contribution in [3.05, 3.63) is 124 Å². The Labute approximate surface area is 364 Å². The molecule has 0 aromatic heterocycles. The summed E-state index contributed by atoms with van der Waals surface area (Å²) in [4.78, 5) is 43.5. The third-order valence-corrected chi connectivity index (χ3v) is 14.1. The Bertz CT molecular complexity index is 2450. The van der Waals surface area contributed by atoms with E-state index in [1.807, 2.05) is 69.4 Å². The lowest BCUT2D eigenvalue weighted by molar-refractivity contribution is 0.0978. The van der Waals surface area contributed by atoms with Crippen LogP contribution in [0.25, 0.3) is 0 Å². The van der Waals surface area contributed by atoms with E-state index < -0.39 is 0 Å². The summed E-state index contributed by atoms with van der Waals surface area (Å²) in [5.74, 6) is 1.62. The number of benzene rings is 5. The highest BCUT2D eigenvalue weighted by atomic mass is 33.1. The first-order valence-corrected chi connectivity index (χ1v) is 22.8. The molecule has 61 heavy (non-hydrogen) atoms. The number of anilines is 3. The van der Waals surface area contributed by atoms with Gasteiger partial charge in [-0.15, -0.1) is 0 Å². The third kappa shape index (κ3) is 7.81. The van der Waals surface area contributed by atoms with Gasteiger partial charge in [-0.3, -0.25) is 29.4 Å². The summed E-state index contributed by atoms with van der Waals surface area (Å²) in [5, 5.41) is 0. The first-order chi connectivity index (χ1) is 29.5. The maximum atomic E-state index is 14.0. The van der Waals surface area contributed by atoms with Crippen LogP contribution in [0.2, 0.25) is 0 Å². The molecule has 4 aliphatic heterocycles. The Hall–Kier alpha value is -5.92. The Kier molecular flexibility index (Phi) is 11.0. The number of carbonyl (C=O) groups is 2. The number of amides is 2. The molecule has 0 saturated carbocycles. The second-order valence-electron chi connectivity index (χ2n) is 16.2. The Morgan fingerprint density at radius 2 is 1.16 bits per heavy atom. The molecular weight excluding hydrogens is 807 g/mol. The number of carbonyl (C=O) groups excluding carboxylic acids is 2. The summed E-state index contributed by atoms with van der Waals surface area (Å²) in [6.45, 7) is 5.70. The van der Waals surface area contributed by atoms with Crippen molar-refractivity contribution in [2.24, 2.45) is 9.98 Å². The van der Waals surface area contributed by atoms with Crippen molar-refractivity contribution < 1.29 is 28.5 Å². The summed E-state index contributed by atoms with van der Waals surface area (Å²) >= 11 is 0. The van der Waals surface area contributed by atoms with Gasteiger partial charge >= 0.3 is 0 Å². The van der Waals surface area contributed by atoms with Crippen LogP contribution in [-0.4, -0.2) is 75.1 Å². The summed E-state index contributed by atoms with van der Waals surface area (Å²) < 4.78 is 24.6. The molecule has 0 spiro atoms. The fourth-order valence-electron chi connectivity index (χ4n) is 8.74. The molecule has 9 rings (SSSR count). The second kappa shape index (κ2) is 16.5. The molecule has 0 unspecified atom stereocenters. The minimum atomic E-state index is -0.163. The van der Waals surface area contributed by atoms with E-state index in [0.717, 1.165) is 45.9 Å². The largest absolute Gasteiger partial charge is 0.493 e. The zero-order valence-electron chi connectivity index (χ0n) is 35.0. The van der Waals surface area contributed by atoms with Crippen molar-refractivity contribution in [1.29, 1.82) is 0 Å². The van der Waals surface area contributed by atoms with E-state index in [1.165, 1.54) is 0 Å². The highest BCUT2D eigenvalue weighted by Gasteiger charge is 2.38. The summed E-state index contributed by atoms with van der Waals surface area (Å²) in [6, 6.07) is 29.0. The van der Waals surface area contributed by atoms with Crippen LogP contribution in [-0.2, 0) is 26.1 Å². The van der Waals surface area contributed by atoms with Crippen molar-refractivity contribution in [3.63, 3.8) is 0 Å². The average Bonchev–Trinajstić information content (AvgIpc) is 3.75. The van der Waals surface area contributed by atoms with Crippen molar-refractivity contribution >= 4 is 74.3 Å².